The first-order chi connectivity index (χ1) is 18.5. The van der Waals surface area contributed by atoms with Crippen LogP contribution in [0.5, 0.6) is 11.5 Å². The third kappa shape index (κ3) is 4.76. The number of aromatic nitrogens is 1. The maximum Gasteiger partial charge on any atom is 0.174 e. The van der Waals surface area contributed by atoms with E-state index in [-0.39, 0.29) is 17.9 Å². The van der Waals surface area contributed by atoms with Gasteiger partial charge in [-0.15, -0.1) is 0 Å². The number of aryl methyl sites for hydroxylation is 1. The van der Waals surface area contributed by atoms with Gasteiger partial charge in [-0.2, -0.15) is 0 Å². The molecule has 2 unspecified atom stereocenters. The average Bonchev–Trinajstić information content (AvgIpc) is 3.56. The number of rotatable bonds is 6. The third-order valence-electron chi connectivity index (χ3n) is 6.52. The predicted molar refractivity (Wildman–Crippen MR) is 150 cm³/mol. The fraction of sp³-hybridized carbons (Fsp3) is 0.0968. The summed E-state index contributed by atoms with van der Waals surface area (Å²) in [6.07, 6.45) is 1.77. The second kappa shape index (κ2) is 10.1. The van der Waals surface area contributed by atoms with Crippen molar-refractivity contribution >= 4 is 23.0 Å². The predicted octanol–water partition coefficient (Wildman–Crippen LogP) is 7.76. The second-order valence-corrected chi connectivity index (χ2v) is 9.50. The summed E-state index contributed by atoms with van der Waals surface area (Å²) in [5.74, 6) is 2.58. The van der Waals surface area contributed by atoms with Gasteiger partial charge in [0.05, 0.1) is 11.7 Å². The molecule has 38 heavy (non-hydrogen) atoms. The molecule has 1 fully saturated rings. The van der Waals surface area contributed by atoms with Crippen molar-refractivity contribution in [2.75, 3.05) is 4.90 Å². The van der Waals surface area contributed by atoms with Crippen LogP contribution in [-0.4, -0.2) is 10.1 Å². The number of hydrogen-bond acceptors (Lipinski definition) is 4. The Bertz CT molecular complexity index is 1550. The number of ether oxygens (including phenoxy) is 1. The van der Waals surface area contributed by atoms with Crippen LogP contribution in [0.2, 0.25) is 0 Å². The van der Waals surface area contributed by atoms with Crippen LogP contribution < -0.4 is 15.0 Å². The lowest BCUT2D eigenvalue weighted by Gasteiger charge is -2.26. The molecule has 1 aliphatic heterocycles. The monoisotopic (exact) mass is 521 g/mol. The fourth-order valence-corrected chi connectivity index (χ4v) is 4.97. The molecule has 6 rings (SSSR count). The lowest BCUT2D eigenvalue weighted by atomic mass is 10.0. The van der Waals surface area contributed by atoms with Gasteiger partial charge in [0.15, 0.2) is 5.11 Å². The van der Waals surface area contributed by atoms with Gasteiger partial charge in [-0.1, -0.05) is 23.8 Å². The van der Waals surface area contributed by atoms with E-state index in [1.165, 1.54) is 17.7 Å². The number of halogens is 1. The summed E-state index contributed by atoms with van der Waals surface area (Å²) in [5.41, 5.74) is 3.71. The molecule has 2 aromatic heterocycles. The van der Waals surface area contributed by atoms with E-state index in [4.69, 9.17) is 21.4 Å². The van der Waals surface area contributed by atoms with Crippen molar-refractivity contribution in [2.24, 2.45) is 0 Å². The van der Waals surface area contributed by atoms with Gasteiger partial charge >= 0.3 is 0 Å². The van der Waals surface area contributed by atoms with Gasteiger partial charge in [-0.3, -0.25) is 4.98 Å². The molecule has 7 heteroatoms. The van der Waals surface area contributed by atoms with Gasteiger partial charge in [-0.25, -0.2) is 4.39 Å². The first kappa shape index (κ1) is 23.9. The maximum absolute atomic E-state index is 13.5. The van der Waals surface area contributed by atoms with Gasteiger partial charge < -0.3 is 19.4 Å². The smallest absolute Gasteiger partial charge is 0.174 e. The molecule has 0 bridgehead atoms. The van der Waals surface area contributed by atoms with Crippen LogP contribution >= 0.6 is 12.2 Å². The molecular weight excluding hydrogens is 497 g/mol. The standard InChI is InChI=1S/C31H24FN3O2S/c1-20-5-13-24(14-6-20)36-25-15-11-23(12-16-25)35-30(29(34-31(35)38)26-4-2-3-19-33-26)28-18-17-27(37-28)21-7-9-22(32)10-8-21/h2-19,29-30H,1H3,(H,34,38). The minimum Gasteiger partial charge on any atom is -0.459 e. The van der Waals surface area contributed by atoms with E-state index in [1.54, 1.807) is 18.3 Å². The summed E-state index contributed by atoms with van der Waals surface area (Å²) in [7, 11) is 0. The summed E-state index contributed by atoms with van der Waals surface area (Å²) in [4.78, 5) is 6.63. The molecule has 0 radical (unpaired) electrons. The van der Waals surface area contributed by atoms with E-state index in [9.17, 15) is 4.39 Å². The summed E-state index contributed by atoms with van der Waals surface area (Å²) in [6.45, 7) is 2.04. The van der Waals surface area contributed by atoms with Crippen molar-refractivity contribution in [3.63, 3.8) is 0 Å². The normalized spacial score (nSPS) is 16.9. The zero-order valence-corrected chi connectivity index (χ0v) is 21.4. The maximum atomic E-state index is 13.5. The van der Waals surface area contributed by atoms with Crippen LogP contribution in [0.3, 0.4) is 0 Å². The molecule has 1 N–H and O–H groups in total. The van der Waals surface area contributed by atoms with Crippen molar-refractivity contribution in [2.45, 2.75) is 19.0 Å². The van der Waals surface area contributed by atoms with Gasteiger partial charge in [0.2, 0.25) is 0 Å². The number of nitrogens with zero attached hydrogens (tertiary/aromatic N) is 2. The zero-order valence-electron chi connectivity index (χ0n) is 20.5. The minimum atomic E-state index is -0.296. The van der Waals surface area contributed by atoms with Crippen LogP contribution in [0.4, 0.5) is 10.1 Å². The Morgan fingerprint density at radius 3 is 2.26 bits per heavy atom. The molecule has 3 heterocycles. The average molecular weight is 522 g/mol. The molecule has 188 valence electrons. The van der Waals surface area contributed by atoms with Crippen molar-refractivity contribution in [1.29, 1.82) is 0 Å². The molecular formula is C31H24FN3O2S. The fourth-order valence-electron chi connectivity index (χ4n) is 4.62. The second-order valence-electron chi connectivity index (χ2n) is 9.11. The molecule has 1 aliphatic rings. The zero-order chi connectivity index (χ0) is 26.1. The third-order valence-corrected chi connectivity index (χ3v) is 6.83. The van der Waals surface area contributed by atoms with Gasteiger partial charge in [0, 0.05) is 17.4 Å². The summed E-state index contributed by atoms with van der Waals surface area (Å²) >= 11 is 5.81. The van der Waals surface area contributed by atoms with Crippen molar-refractivity contribution < 1.29 is 13.5 Å². The number of benzene rings is 3. The highest BCUT2D eigenvalue weighted by molar-refractivity contribution is 7.80. The SMILES string of the molecule is Cc1ccc(Oc2ccc(N3C(=S)NC(c4ccccn4)C3c3ccc(-c4ccc(F)cc4)o3)cc2)cc1. The highest BCUT2D eigenvalue weighted by Gasteiger charge is 2.42. The topological polar surface area (TPSA) is 50.5 Å². The molecule has 3 aromatic carbocycles. The summed E-state index contributed by atoms with van der Waals surface area (Å²) in [6, 6.07) is 31.1. The first-order valence-electron chi connectivity index (χ1n) is 12.3. The number of anilines is 1. The molecule has 0 saturated carbocycles. The highest BCUT2D eigenvalue weighted by atomic mass is 32.1. The number of nitrogens with one attached hydrogen (secondary N) is 1. The van der Waals surface area contributed by atoms with Crippen molar-refractivity contribution in [3.05, 3.63) is 132 Å². The largest absolute Gasteiger partial charge is 0.459 e. The molecule has 1 saturated heterocycles. The Balaban J connectivity index is 1.34. The Morgan fingerprint density at radius 2 is 1.58 bits per heavy atom. The molecule has 5 nitrogen and oxygen atoms in total. The first-order valence-corrected chi connectivity index (χ1v) is 12.7. The summed E-state index contributed by atoms with van der Waals surface area (Å²) in [5, 5.41) is 4.00. The van der Waals surface area contributed by atoms with E-state index in [1.807, 2.05) is 90.7 Å². The highest BCUT2D eigenvalue weighted by Crippen LogP contribution is 2.43. The number of pyridine rings is 1. The van der Waals surface area contributed by atoms with E-state index in [0.29, 0.717) is 16.6 Å². The van der Waals surface area contributed by atoms with Crippen LogP contribution in [0.1, 0.15) is 29.1 Å². The van der Waals surface area contributed by atoms with E-state index >= 15 is 0 Å². The number of furan rings is 1. The summed E-state index contributed by atoms with van der Waals surface area (Å²) < 4.78 is 25.8. The Labute approximate surface area is 225 Å². The van der Waals surface area contributed by atoms with Crippen LogP contribution in [0.25, 0.3) is 11.3 Å². The van der Waals surface area contributed by atoms with Crippen LogP contribution in [-0.2, 0) is 0 Å². The quantitative estimate of drug-likeness (QED) is 0.231. The van der Waals surface area contributed by atoms with Crippen LogP contribution in [0, 0.1) is 12.7 Å². The Hall–Kier alpha value is -4.49. The lowest BCUT2D eigenvalue weighted by molar-refractivity contribution is 0.439. The van der Waals surface area contributed by atoms with Gasteiger partial charge in [0.25, 0.3) is 0 Å². The Kier molecular flexibility index (Phi) is 6.35. The molecule has 5 aromatic rings. The van der Waals surface area contributed by atoms with Gasteiger partial charge in [0.1, 0.15) is 34.9 Å². The minimum absolute atomic E-state index is 0.237. The number of thiocarbonyl (C=S) groups is 1. The lowest BCUT2D eigenvalue weighted by Crippen LogP contribution is -2.29. The van der Waals surface area contributed by atoms with E-state index < -0.39 is 0 Å². The van der Waals surface area contributed by atoms with Crippen molar-refractivity contribution in [3.8, 4) is 22.8 Å². The molecule has 0 amide bonds. The van der Waals surface area contributed by atoms with Crippen molar-refractivity contribution in [1.82, 2.24) is 10.3 Å². The van der Waals surface area contributed by atoms with Crippen LogP contribution in [0.15, 0.2) is 114 Å². The van der Waals surface area contributed by atoms with E-state index in [2.05, 4.69) is 10.3 Å². The number of hydrogen-bond donors (Lipinski definition) is 1. The van der Waals surface area contributed by atoms with Gasteiger partial charge in [-0.05, 0) is 104 Å². The molecule has 0 aliphatic carbocycles. The molecule has 0 spiro atoms. The molecule has 2 atom stereocenters. The van der Waals surface area contributed by atoms with E-state index in [0.717, 1.165) is 28.4 Å². The Morgan fingerprint density at radius 1 is 0.868 bits per heavy atom.